The van der Waals surface area contributed by atoms with Gasteiger partial charge in [-0.3, -0.25) is 0 Å². The molecule has 0 aliphatic heterocycles. The summed E-state index contributed by atoms with van der Waals surface area (Å²) in [6.07, 6.45) is 2.69. The van der Waals surface area contributed by atoms with Crippen molar-refractivity contribution >= 4 is 17.4 Å². The van der Waals surface area contributed by atoms with Crippen LogP contribution in [0.25, 0.3) is 0 Å². The molecule has 17 heavy (non-hydrogen) atoms. The highest BCUT2D eigenvalue weighted by Gasteiger charge is 2.04. The van der Waals surface area contributed by atoms with Crippen molar-refractivity contribution in [3.63, 3.8) is 0 Å². The lowest BCUT2D eigenvalue weighted by Gasteiger charge is -2.04. The molecule has 4 nitrogen and oxygen atoms in total. The summed E-state index contributed by atoms with van der Waals surface area (Å²) in [5.41, 5.74) is 6.44. The predicted molar refractivity (Wildman–Crippen MR) is 70.7 cm³/mol. The fourth-order valence-electron chi connectivity index (χ4n) is 1.51. The second kappa shape index (κ2) is 5.72. The fourth-order valence-corrected chi connectivity index (χ4v) is 2.36. The molecule has 0 bridgehead atoms. The summed E-state index contributed by atoms with van der Waals surface area (Å²) in [5.74, 6) is 1.86. The van der Waals surface area contributed by atoms with Gasteiger partial charge in [0.15, 0.2) is 0 Å². The lowest BCUT2D eigenvalue weighted by atomic mass is 10.3. The van der Waals surface area contributed by atoms with Gasteiger partial charge in [0.1, 0.15) is 12.2 Å². The third kappa shape index (κ3) is 3.23. The van der Waals surface area contributed by atoms with Crippen molar-refractivity contribution < 1.29 is 0 Å². The number of thioether (sulfide) groups is 1. The largest absolute Gasteiger partial charge is 0.399 e. The van der Waals surface area contributed by atoms with Crippen LogP contribution in [0.2, 0.25) is 0 Å². The number of hydrogen-bond acceptors (Lipinski definition) is 4. The minimum Gasteiger partial charge on any atom is -0.399 e. The van der Waals surface area contributed by atoms with Gasteiger partial charge in [0.05, 0.1) is 5.75 Å². The fraction of sp³-hybridized carbons (Fsp3) is 0.333. The smallest absolute Gasteiger partial charge is 0.138 e. The summed E-state index contributed by atoms with van der Waals surface area (Å²) in [6, 6.07) is 7.89. The second-order valence-electron chi connectivity index (χ2n) is 3.76. The molecule has 0 atom stereocenters. The molecule has 0 amide bonds. The highest BCUT2D eigenvalue weighted by atomic mass is 32.2. The first-order valence-corrected chi connectivity index (χ1v) is 6.63. The van der Waals surface area contributed by atoms with Crippen LogP contribution < -0.4 is 5.73 Å². The highest BCUT2D eigenvalue weighted by Crippen LogP contribution is 2.22. The average molecular weight is 248 g/mol. The molecule has 5 heteroatoms. The minimum absolute atomic E-state index is 0.795. The van der Waals surface area contributed by atoms with Crippen LogP contribution in [0.5, 0.6) is 0 Å². The van der Waals surface area contributed by atoms with Gasteiger partial charge >= 0.3 is 0 Å². The molecule has 2 N–H and O–H groups in total. The zero-order valence-corrected chi connectivity index (χ0v) is 10.7. The lowest BCUT2D eigenvalue weighted by Crippen LogP contribution is -2.03. The molecule has 2 rings (SSSR count). The third-order valence-electron chi connectivity index (χ3n) is 2.38. The normalized spacial score (nSPS) is 10.6. The van der Waals surface area contributed by atoms with Crippen LogP contribution in [-0.2, 0) is 12.3 Å². The van der Waals surface area contributed by atoms with Gasteiger partial charge in [-0.05, 0) is 30.7 Å². The molecule has 0 fully saturated rings. The average Bonchev–Trinajstić information content (AvgIpc) is 2.77. The second-order valence-corrected chi connectivity index (χ2v) is 4.81. The molecule has 0 radical (unpaired) electrons. The number of benzene rings is 1. The summed E-state index contributed by atoms with van der Waals surface area (Å²) < 4.78 is 1.96. The van der Waals surface area contributed by atoms with Crippen molar-refractivity contribution in [1.29, 1.82) is 0 Å². The van der Waals surface area contributed by atoms with Gasteiger partial charge < -0.3 is 5.73 Å². The van der Waals surface area contributed by atoms with Gasteiger partial charge in [-0.2, -0.15) is 5.10 Å². The highest BCUT2D eigenvalue weighted by molar-refractivity contribution is 7.98. The summed E-state index contributed by atoms with van der Waals surface area (Å²) in [5, 5.41) is 4.20. The first-order chi connectivity index (χ1) is 8.29. The number of nitrogens with zero attached hydrogens (tertiary/aromatic N) is 3. The molecular formula is C12H16N4S. The number of aryl methyl sites for hydroxylation is 1. The summed E-state index contributed by atoms with van der Waals surface area (Å²) >= 11 is 1.75. The Kier molecular flexibility index (Phi) is 4.03. The van der Waals surface area contributed by atoms with Crippen molar-refractivity contribution in [3.05, 3.63) is 36.4 Å². The van der Waals surface area contributed by atoms with Crippen LogP contribution in [0.1, 0.15) is 19.2 Å². The van der Waals surface area contributed by atoms with Crippen LogP contribution in [0, 0.1) is 0 Å². The van der Waals surface area contributed by atoms with Gasteiger partial charge in [0.2, 0.25) is 0 Å². The summed E-state index contributed by atoms with van der Waals surface area (Å²) in [7, 11) is 0. The van der Waals surface area contributed by atoms with Gasteiger partial charge in [0, 0.05) is 17.1 Å². The molecule has 90 valence electrons. The van der Waals surface area contributed by atoms with E-state index in [2.05, 4.69) is 17.0 Å². The van der Waals surface area contributed by atoms with Gasteiger partial charge in [-0.25, -0.2) is 9.67 Å². The Morgan fingerprint density at radius 3 is 2.76 bits per heavy atom. The van der Waals surface area contributed by atoms with E-state index in [-0.39, 0.29) is 0 Å². The molecule has 0 spiro atoms. The minimum atomic E-state index is 0.795. The molecule has 0 aliphatic carbocycles. The quantitative estimate of drug-likeness (QED) is 0.652. The van der Waals surface area contributed by atoms with E-state index in [9.17, 15) is 0 Å². The van der Waals surface area contributed by atoms with Gasteiger partial charge in [-0.15, -0.1) is 11.8 Å². The maximum absolute atomic E-state index is 5.65. The maximum atomic E-state index is 5.65. The molecule has 1 aromatic carbocycles. The van der Waals surface area contributed by atoms with Gasteiger partial charge in [-0.1, -0.05) is 6.92 Å². The Bertz CT molecular complexity index is 464. The van der Waals surface area contributed by atoms with Crippen molar-refractivity contribution in [1.82, 2.24) is 14.8 Å². The van der Waals surface area contributed by atoms with Crippen LogP contribution in [-0.4, -0.2) is 14.8 Å². The Hall–Kier alpha value is -1.49. The number of rotatable bonds is 5. The van der Waals surface area contributed by atoms with Crippen molar-refractivity contribution in [2.45, 2.75) is 30.5 Å². The van der Waals surface area contributed by atoms with Crippen LogP contribution >= 0.6 is 11.8 Å². The summed E-state index contributed by atoms with van der Waals surface area (Å²) in [6.45, 7) is 3.07. The summed E-state index contributed by atoms with van der Waals surface area (Å²) in [4.78, 5) is 5.47. The molecule has 1 aromatic heterocycles. The van der Waals surface area contributed by atoms with Crippen LogP contribution in [0.3, 0.4) is 0 Å². The standard InChI is InChI=1S/C12H16N4S/c1-2-7-16-12(14-9-15-16)8-17-11-5-3-10(13)4-6-11/h3-6,9H,2,7-8,13H2,1H3. The number of nitrogens with two attached hydrogens (primary N) is 1. The van der Waals surface area contributed by atoms with E-state index < -0.39 is 0 Å². The van der Waals surface area contributed by atoms with E-state index in [0.29, 0.717) is 0 Å². The van der Waals surface area contributed by atoms with E-state index in [1.807, 2.05) is 28.9 Å². The van der Waals surface area contributed by atoms with E-state index in [4.69, 9.17) is 5.73 Å². The first-order valence-electron chi connectivity index (χ1n) is 5.64. The van der Waals surface area contributed by atoms with E-state index in [0.717, 1.165) is 30.2 Å². The van der Waals surface area contributed by atoms with E-state index in [1.165, 1.54) is 4.90 Å². The van der Waals surface area contributed by atoms with E-state index in [1.54, 1.807) is 18.1 Å². The zero-order valence-electron chi connectivity index (χ0n) is 9.84. The molecule has 0 aliphatic rings. The molecule has 2 aromatic rings. The molecular weight excluding hydrogens is 232 g/mol. The molecule has 1 heterocycles. The zero-order chi connectivity index (χ0) is 12.1. The number of hydrogen-bond donors (Lipinski definition) is 1. The Balaban J connectivity index is 1.97. The first kappa shape index (κ1) is 12.0. The van der Waals surface area contributed by atoms with Gasteiger partial charge in [0.25, 0.3) is 0 Å². The van der Waals surface area contributed by atoms with Crippen molar-refractivity contribution in [2.75, 3.05) is 5.73 Å². The van der Waals surface area contributed by atoms with Crippen molar-refractivity contribution in [3.8, 4) is 0 Å². The predicted octanol–water partition coefficient (Wildman–Crippen LogP) is 2.56. The molecule has 0 saturated carbocycles. The van der Waals surface area contributed by atoms with Crippen molar-refractivity contribution in [2.24, 2.45) is 0 Å². The van der Waals surface area contributed by atoms with Crippen LogP contribution in [0.15, 0.2) is 35.5 Å². The lowest BCUT2D eigenvalue weighted by molar-refractivity contribution is 0.581. The molecule has 0 saturated heterocycles. The Morgan fingerprint density at radius 2 is 2.06 bits per heavy atom. The third-order valence-corrected chi connectivity index (χ3v) is 3.39. The van der Waals surface area contributed by atoms with Crippen LogP contribution in [0.4, 0.5) is 5.69 Å². The molecule has 0 unspecified atom stereocenters. The Morgan fingerprint density at radius 1 is 1.29 bits per heavy atom. The number of anilines is 1. The number of nitrogen functional groups attached to an aromatic ring is 1. The Labute approximate surface area is 105 Å². The topological polar surface area (TPSA) is 56.7 Å². The number of aromatic nitrogens is 3. The monoisotopic (exact) mass is 248 g/mol. The SMILES string of the molecule is CCCn1ncnc1CSc1ccc(N)cc1. The maximum Gasteiger partial charge on any atom is 0.138 e. The van der Waals surface area contributed by atoms with E-state index >= 15 is 0 Å².